The third-order valence-corrected chi connectivity index (χ3v) is 5.01. The first-order valence-electron chi connectivity index (χ1n) is 9.20. The van der Waals surface area contributed by atoms with Gasteiger partial charge in [-0.15, -0.1) is 12.4 Å². The van der Waals surface area contributed by atoms with E-state index in [9.17, 15) is 9.59 Å². The van der Waals surface area contributed by atoms with Crippen LogP contribution in [0.2, 0.25) is 0 Å². The zero-order chi connectivity index (χ0) is 18.8. The minimum absolute atomic E-state index is 0. The van der Waals surface area contributed by atoms with Crippen molar-refractivity contribution >= 4 is 29.1 Å². The fourth-order valence-corrected chi connectivity index (χ4v) is 3.54. The maximum Gasteiger partial charge on any atom is 0.275 e. The van der Waals surface area contributed by atoms with Gasteiger partial charge in [-0.1, -0.05) is 48.5 Å². The van der Waals surface area contributed by atoms with Crippen LogP contribution in [0, 0.1) is 0 Å². The second-order valence-electron chi connectivity index (χ2n) is 6.89. The van der Waals surface area contributed by atoms with Crippen molar-refractivity contribution in [2.75, 3.05) is 19.6 Å². The average molecular weight is 399 g/mol. The van der Waals surface area contributed by atoms with Crippen LogP contribution in [0.1, 0.15) is 23.0 Å². The van der Waals surface area contributed by atoms with Gasteiger partial charge >= 0.3 is 0 Å². The van der Waals surface area contributed by atoms with Crippen molar-refractivity contribution < 1.29 is 4.79 Å². The number of hydrogen-bond donors (Lipinski definition) is 1. The van der Waals surface area contributed by atoms with Gasteiger partial charge in [0.25, 0.3) is 11.5 Å². The lowest BCUT2D eigenvalue weighted by Crippen LogP contribution is -2.52. The van der Waals surface area contributed by atoms with Crippen molar-refractivity contribution in [1.82, 2.24) is 20.0 Å². The molecular weight excluding hydrogens is 376 g/mol. The molecule has 1 amide bonds. The van der Waals surface area contributed by atoms with Crippen molar-refractivity contribution in [3.8, 4) is 0 Å². The highest BCUT2D eigenvalue weighted by molar-refractivity contribution is 6.04. The van der Waals surface area contributed by atoms with Gasteiger partial charge in [0, 0.05) is 31.1 Å². The molecule has 7 heteroatoms. The Balaban J connectivity index is 0.00000225. The standard InChI is InChI=1S/C21H22N4O2.ClH/c1-15-13-22-11-12-24(15)21(27)19-17-9-5-6-10-18(17)20(26)25(23-19)14-16-7-3-2-4-8-16;/h2-10,15,22H,11-14H2,1H3;1H/t15-;/m0./s1. The summed E-state index contributed by atoms with van der Waals surface area (Å²) < 4.78 is 1.40. The molecule has 2 heterocycles. The van der Waals surface area contributed by atoms with Crippen LogP contribution < -0.4 is 10.9 Å². The topological polar surface area (TPSA) is 67.2 Å². The summed E-state index contributed by atoms with van der Waals surface area (Å²) in [6.07, 6.45) is 0. The maximum atomic E-state index is 13.3. The molecule has 4 rings (SSSR count). The summed E-state index contributed by atoms with van der Waals surface area (Å²) in [6, 6.07) is 17.0. The molecule has 146 valence electrons. The molecule has 0 saturated carbocycles. The highest BCUT2D eigenvalue weighted by atomic mass is 35.5. The van der Waals surface area contributed by atoms with Crippen LogP contribution in [0.5, 0.6) is 0 Å². The first-order valence-corrected chi connectivity index (χ1v) is 9.20. The van der Waals surface area contributed by atoms with Crippen LogP contribution in [0.4, 0.5) is 0 Å². The molecule has 1 N–H and O–H groups in total. The molecule has 1 fully saturated rings. The summed E-state index contributed by atoms with van der Waals surface area (Å²) in [6.45, 7) is 4.51. The summed E-state index contributed by atoms with van der Waals surface area (Å²) in [5.74, 6) is -0.123. The number of piperazine rings is 1. The molecule has 1 aliphatic heterocycles. The number of benzene rings is 2. The van der Waals surface area contributed by atoms with Gasteiger partial charge in [0.2, 0.25) is 0 Å². The molecule has 0 aliphatic carbocycles. The van der Waals surface area contributed by atoms with Gasteiger partial charge in [0.15, 0.2) is 5.69 Å². The Hall–Kier alpha value is -2.70. The molecule has 1 saturated heterocycles. The highest BCUT2D eigenvalue weighted by Gasteiger charge is 2.27. The quantitative estimate of drug-likeness (QED) is 0.735. The molecule has 1 aromatic heterocycles. The molecule has 28 heavy (non-hydrogen) atoms. The number of rotatable bonds is 3. The minimum atomic E-state index is -0.181. The Morgan fingerprint density at radius 3 is 2.50 bits per heavy atom. The molecule has 3 aromatic rings. The van der Waals surface area contributed by atoms with Gasteiger partial charge < -0.3 is 10.2 Å². The SMILES string of the molecule is C[C@H]1CNCCN1C(=O)c1nn(Cc2ccccc2)c(=O)c2ccccc12.Cl. The zero-order valence-corrected chi connectivity index (χ0v) is 16.5. The van der Waals surface area contributed by atoms with Gasteiger partial charge in [-0.05, 0) is 18.6 Å². The summed E-state index contributed by atoms with van der Waals surface area (Å²) >= 11 is 0. The minimum Gasteiger partial charge on any atom is -0.332 e. The zero-order valence-electron chi connectivity index (χ0n) is 15.7. The first kappa shape index (κ1) is 20.0. The van der Waals surface area contributed by atoms with Gasteiger partial charge in [0.1, 0.15) is 0 Å². The molecule has 0 spiro atoms. The average Bonchev–Trinajstić information content (AvgIpc) is 2.71. The van der Waals surface area contributed by atoms with E-state index in [1.165, 1.54) is 4.68 Å². The van der Waals surface area contributed by atoms with E-state index in [4.69, 9.17) is 0 Å². The number of nitrogens with zero attached hydrogens (tertiary/aromatic N) is 3. The van der Waals surface area contributed by atoms with Gasteiger partial charge in [0.05, 0.1) is 11.9 Å². The van der Waals surface area contributed by atoms with Crippen LogP contribution in [-0.2, 0) is 6.54 Å². The Labute approximate surface area is 169 Å². The number of carbonyl (C=O) groups excluding carboxylic acids is 1. The molecule has 1 aliphatic rings. The van der Waals surface area contributed by atoms with E-state index in [1.807, 2.05) is 54.3 Å². The highest BCUT2D eigenvalue weighted by Crippen LogP contribution is 2.17. The van der Waals surface area contributed by atoms with E-state index in [-0.39, 0.29) is 29.9 Å². The first-order chi connectivity index (χ1) is 13.1. The van der Waals surface area contributed by atoms with E-state index in [2.05, 4.69) is 10.4 Å². The number of nitrogens with one attached hydrogen (secondary N) is 1. The molecule has 2 aromatic carbocycles. The maximum absolute atomic E-state index is 13.3. The van der Waals surface area contributed by atoms with Crippen molar-refractivity contribution in [1.29, 1.82) is 0 Å². The lowest BCUT2D eigenvalue weighted by Gasteiger charge is -2.33. The predicted octanol–water partition coefficient (Wildman–Crippen LogP) is 2.30. The normalized spacial score (nSPS) is 16.6. The van der Waals surface area contributed by atoms with Gasteiger partial charge in [-0.25, -0.2) is 4.68 Å². The number of carbonyl (C=O) groups is 1. The lowest BCUT2D eigenvalue weighted by atomic mass is 10.1. The van der Waals surface area contributed by atoms with Gasteiger partial charge in [-0.2, -0.15) is 5.10 Å². The van der Waals surface area contributed by atoms with E-state index < -0.39 is 0 Å². The van der Waals surface area contributed by atoms with Crippen LogP contribution >= 0.6 is 12.4 Å². The number of aromatic nitrogens is 2. The van der Waals surface area contributed by atoms with Crippen LogP contribution in [-0.4, -0.2) is 46.3 Å². The Morgan fingerprint density at radius 2 is 1.79 bits per heavy atom. The van der Waals surface area contributed by atoms with E-state index >= 15 is 0 Å². The molecule has 0 bridgehead atoms. The fraction of sp³-hybridized carbons (Fsp3) is 0.286. The molecule has 6 nitrogen and oxygen atoms in total. The van der Waals surface area contributed by atoms with Gasteiger partial charge in [-0.3, -0.25) is 9.59 Å². The lowest BCUT2D eigenvalue weighted by molar-refractivity contribution is 0.0649. The number of halogens is 1. The van der Waals surface area contributed by atoms with Crippen LogP contribution in [0.15, 0.2) is 59.4 Å². The van der Waals surface area contributed by atoms with E-state index in [1.54, 1.807) is 12.1 Å². The number of fused-ring (bicyclic) bond motifs is 1. The monoisotopic (exact) mass is 398 g/mol. The number of amides is 1. The second kappa shape index (κ2) is 8.54. The van der Waals surface area contributed by atoms with Crippen molar-refractivity contribution in [3.05, 3.63) is 76.2 Å². The van der Waals surface area contributed by atoms with Crippen molar-refractivity contribution in [3.63, 3.8) is 0 Å². The Kier molecular flexibility index (Phi) is 6.11. The van der Waals surface area contributed by atoms with E-state index in [0.717, 1.165) is 18.7 Å². The summed E-state index contributed by atoms with van der Waals surface area (Å²) in [7, 11) is 0. The van der Waals surface area contributed by atoms with Crippen LogP contribution in [0.3, 0.4) is 0 Å². The smallest absolute Gasteiger partial charge is 0.275 e. The number of hydrogen-bond acceptors (Lipinski definition) is 4. The molecule has 0 unspecified atom stereocenters. The van der Waals surface area contributed by atoms with Crippen molar-refractivity contribution in [2.45, 2.75) is 19.5 Å². The third kappa shape index (κ3) is 3.79. The van der Waals surface area contributed by atoms with Crippen LogP contribution in [0.25, 0.3) is 10.8 Å². The summed E-state index contributed by atoms with van der Waals surface area (Å²) in [5, 5.41) is 8.93. The Morgan fingerprint density at radius 1 is 1.11 bits per heavy atom. The summed E-state index contributed by atoms with van der Waals surface area (Å²) in [4.78, 5) is 28.0. The van der Waals surface area contributed by atoms with E-state index in [0.29, 0.717) is 29.6 Å². The molecular formula is C21H23ClN4O2. The fourth-order valence-electron chi connectivity index (χ4n) is 3.54. The van der Waals surface area contributed by atoms with Crippen molar-refractivity contribution in [2.24, 2.45) is 0 Å². The summed E-state index contributed by atoms with van der Waals surface area (Å²) in [5.41, 5.74) is 1.13. The Bertz CT molecular complexity index is 1040. The third-order valence-electron chi connectivity index (χ3n) is 5.01. The molecule has 0 radical (unpaired) electrons. The molecule has 1 atom stereocenters. The second-order valence-corrected chi connectivity index (χ2v) is 6.89. The predicted molar refractivity (Wildman–Crippen MR) is 112 cm³/mol. The largest absolute Gasteiger partial charge is 0.332 e.